The standard InChI is InChI=1S/C8H9N3OS/c12-5-7-3-11(6-10-7)4-8-9-1-2-13-8/h1-3,6,12H,4-5H2. The Morgan fingerprint density at radius 1 is 1.46 bits per heavy atom. The fourth-order valence-corrected chi connectivity index (χ4v) is 1.69. The molecule has 0 amide bonds. The number of hydrogen-bond acceptors (Lipinski definition) is 4. The van der Waals surface area contributed by atoms with E-state index in [0.29, 0.717) is 5.69 Å². The zero-order chi connectivity index (χ0) is 9.10. The van der Waals surface area contributed by atoms with Crippen molar-refractivity contribution in [2.24, 2.45) is 0 Å². The van der Waals surface area contributed by atoms with Crippen molar-refractivity contribution in [2.45, 2.75) is 13.2 Å². The van der Waals surface area contributed by atoms with Crippen LogP contribution in [-0.2, 0) is 13.2 Å². The van der Waals surface area contributed by atoms with Gasteiger partial charge in [-0.1, -0.05) is 0 Å². The average molecular weight is 195 g/mol. The Morgan fingerprint density at radius 3 is 3.00 bits per heavy atom. The Morgan fingerprint density at radius 2 is 2.38 bits per heavy atom. The SMILES string of the molecule is OCc1cn(Cc2nccs2)cn1. The number of rotatable bonds is 3. The molecule has 0 saturated heterocycles. The molecule has 0 aliphatic rings. The van der Waals surface area contributed by atoms with Gasteiger partial charge in [-0.15, -0.1) is 11.3 Å². The van der Waals surface area contributed by atoms with Gasteiger partial charge in [0.15, 0.2) is 0 Å². The largest absolute Gasteiger partial charge is 0.390 e. The summed E-state index contributed by atoms with van der Waals surface area (Å²) in [5.74, 6) is 0. The van der Waals surface area contributed by atoms with Crippen LogP contribution in [-0.4, -0.2) is 19.6 Å². The zero-order valence-electron chi connectivity index (χ0n) is 6.92. The maximum Gasteiger partial charge on any atom is 0.112 e. The summed E-state index contributed by atoms with van der Waals surface area (Å²) in [4.78, 5) is 8.16. The van der Waals surface area contributed by atoms with Crippen molar-refractivity contribution in [3.05, 3.63) is 34.8 Å². The van der Waals surface area contributed by atoms with Crippen molar-refractivity contribution in [3.8, 4) is 0 Å². The Hall–Kier alpha value is -1.20. The number of thiazole rings is 1. The molecule has 0 saturated carbocycles. The average Bonchev–Trinajstić information content (AvgIpc) is 2.76. The fourth-order valence-electron chi connectivity index (χ4n) is 1.06. The molecule has 0 atom stereocenters. The molecular formula is C8H9N3OS. The summed E-state index contributed by atoms with van der Waals surface area (Å²) >= 11 is 1.61. The summed E-state index contributed by atoms with van der Waals surface area (Å²) in [6.45, 7) is 0.718. The molecule has 68 valence electrons. The second kappa shape index (κ2) is 3.68. The van der Waals surface area contributed by atoms with Gasteiger partial charge in [0, 0.05) is 17.8 Å². The molecule has 2 rings (SSSR count). The molecule has 0 radical (unpaired) electrons. The molecule has 2 heterocycles. The third-order valence-corrected chi connectivity index (χ3v) is 2.41. The van der Waals surface area contributed by atoms with Gasteiger partial charge in [-0.25, -0.2) is 9.97 Å². The van der Waals surface area contributed by atoms with E-state index in [1.807, 2.05) is 16.1 Å². The normalized spacial score (nSPS) is 10.5. The molecule has 2 aromatic heterocycles. The van der Waals surface area contributed by atoms with Gasteiger partial charge in [0.25, 0.3) is 0 Å². The maximum atomic E-state index is 8.79. The third kappa shape index (κ3) is 1.93. The second-order valence-corrected chi connectivity index (χ2v) is 3.60. The first-order valence-electron chi connectivity index (χ1n) is 3.88. The lowest BCUT2D eigenvalue weighted by atomic mass is 10.5. The van der Waals surface area contributed by atoms with Crippen LogP contribution in [0.15, 0.2) is 24.1 Å². The number of hydrogen-bond donors (Lipinski definition) is 1. The highest BCUT2D eigenvalue weighted by Crippen LogP contribution is 2.06. The van der Waals surface area contributed by atoms with Crippen LogP contribution in [0.1, 0.15) is 10.7 Å². The highest BCUT2D eigenvalue weighted by molar-refractivity contribution is 7.09. The summed E-state index contributed by atoms with van der Waals surface area (Å²) in [5, 5.41) is 11.8. The lowest BCUT2D eigenvalue weighted by Gasteiger charge is -1.95. The monoisotopic (exact) mass is 195 g/mol. The van der Waals surface area contributed by atoms with E-state index < -0.39 is 0 Å². The highest BCUT2D eigenvalue weighted by Gasteiger charge is 1.99. The Kier molecular flexibility index (Phi) is 2.37. The minimum Gasteiger partial charge on any atom is -0.390 e. The van der Waals surface area contributed by atoms with Crippen LogP contribution in [0.4, 0.5) is 0 Å². The van der Waals surface area contributed by atoms with Gasteiger partial charge in [-0.3, -0.25) is 0 Å². The van der Waals surface area contributed by atoms with E-state index in [0.717, 1.165) is 11.6 Å². The summed E-state index contributed by atoms with van der Waals surface area (Å²) in [6.07, 6.45) is 5.30. The minimum atomic E-state index is -0.00906. The van der Waals surface area contributed by atoms with Crippen LogP contribution in [0, 0.1) is 0 Å². The van der Waals surface area contributed by atoms with Crippen LogP contribution in [0.25, 0.3) is 0 Å². The van der Waals surface area contributed by atoms with Gasteiger partial charge < -0.3 is 9.67 Å². The van der Waals surface area contributed by atoms with Gasteiger partial charge in [0.05, 0.1) is 25.2 Å². The van der Waals surface area contributed by atoms with Crippen molar-refractivity contribution >= 4 is 11.3 Å². The first kappa shape index (κ1) is 8.40. The third-order valence-electron chi connectivity index (χ3n) is 1.65. The van der Waals surface area contributed by atoms with E-state index in [-0.39, 0.29) is 6.61 Å². The molecule has 13 heavy (non-hydrogen) atoms. The van der Waals surface area contributed by atoms with E-state index in [9.17, 15) is 0 Å². The molecule has 0 unspecified atom stereocenters. The van der Waals surface area contributed by atoms with E-state index in [1.165, 1.54) is 0 Å². The van der Waals surface area contributed by atoms with Crippen molar-refractivity contribution in [1.82, 2.24) is 14.5 Å². The molecule has 0 aliphatic carbocycles. The lowest BCUT2D eigenvalue weighted by Crippen LogP contribution is -1.95. The fraction of sp³-hybridized carbons (Fsp3) is 0.250. The van der Waals surface area contributed by atoms with Gasteiger partial charge in [-0.2, -0.15) is 0 Å². The number of aromatic nitrogens is 3. The summed E-state index contributed by atoms with van der Waals surface area (Å²) < 4.78 is 1.91. The van der Waals surface area contributed by atoms with Crippen molar-refractivity contribution < 1.29 is 5.11 Å². The van der Waals surface area contributed by atoms with Gasteiger partial charge >= 0.3 is 0 Å². The first-order valence-corrected chi connectivity index (χ1v) is 4.76. The Labute approximate surface area is 79.5 Å². The van der Waals surface area contributed by atoms with Crippen molar-refractivity contribution in [3.63, 3.8) is 0 Å². The molecule has 5 heteroatoms. The van der Waals surface area contributed by atoms with Gasteiger partial charge in [0.1, 0.15) is 5.01 Å². The van der Waals surface area contributed by atoms with Crippen molar-refractivity contribution in [2.75, 3.05) is 0 Å². The predicted molar refractivity (Wildman–Crippen MR) is 49.4 cm³/mol. The Balaban J connectivity index is 2.10. The van der Waals surface area contributed by atoms with E-state index in [1.54, 1.807) is 23.9 Å². The quantitative estimate of drug-likeness (QED) is 0.791. The molecule has 1 N–H and O–H groups in total. The van der Waals surface area contributed by atoms with Crippen molar-refractivity contribution in [1.29, 1.82) is 0 Å². The van der Waals surface area contributed by atoms with E-state index in [2.05, 4.69) is 9.97 Å². The molecule has 2 aromatic rings. The van der Waals surface area contributed by atoms with Crippen LogP contribution in [0.2, 0.25) is 0 Å². The predicted octanol–water partition coefficient (Wildman–Crippen LogP) is 0.880. The Bertz CT molecular complexity index is 368. The van der Waals surface area contributed by atoms with E-state index in [4.69, 9.17) is 5.11 Å². The van der Waals surface area contributed by atoms with Crippen LogP contribution < -0.4 is 0 Å². The number of aliphatic hydroxyl groups excluding tert-OH is 1. The first-order chi connectivity index (χ1) is 6.38. The zero-order valence-corrected chi connectivity index (χ0v) is 7.74. The van der Waals surface area contributed by atoms with Crippen LogP contribution in [0.5, 0.6) is 0 Å². The second-order valence-electron chi connectivity index (χ2n) is 2.62. The molecule has 0 aliphatic heterocycles. The molecular weight excluding hydrogens is 186 g/mol. The molecule has 0 fully saturated rings. The molecule has 4 nitrogen and oxygen atoms in total. The maximum absolute atomic E-state index is 8.79. The number of aliphatic hydroxyl groups is 1. The lowest BCUT2D eigenvalue weighted by molar-refractivity contribution is 0.277. The minimum absolute atomic E-state index is 0.00906. The topological polar surface area (TPSA) is 50.9 Å². The summed E-state index contributed by atoms with van der Waals surface area (Å²) in [5.41, 5.74) is 0.691. The smallest absolute Gasteiger partial charge is 0.112 e. The molecule has 0 spiro atoms. The number of nitrogens with zero attached hydrogens (tertiary/aromatic N) is 3. The van der Waals surface area contributed by atoms with Gasteiger partial charge in [-0.05, 0) is 0 Å². The van der Waals surface area contributed by atoms with Crippen LogP contribution in [0.3, 0.4) is 0 Å². The number of imidazole rings is 1. The summed E-state index contributed by atoms with van der Waals surface area (Å²) in [6, 6.07) is 0. The van der Waals surface area contributed by atoms with E-state index >= 15 is 0 Å². The highest BCUT2D eigenvalue weighted by atomic mass is 32.1. The molecule has 0 bridgehead atoms. The molecule has 0 aromatic carbocycles. The summed E-state index contributed by atoms with van der Waals surface area (Å²) in [7, 11) is 0. The van der Waals surface area contributed by atoms with Gasteiger partial charge in [0.2, 0.25) is 0 Å². The van der Waals surface area contributed by atoms with Crippen LogP contribution >= 0.6 is 11.3 Å².